The van der Waals surface area contributed by atoms with E-state index in [1.807, 2.05) is 0 Å². The first-order chi connectivity index (χ1) is 40.1. The lowest BCUT2D eigenvalue weighted by Gasteiger charge is -2.32. The van der Waals surface area contributed by atoms with Gasteiger partial charge in [-0.05, 0) is 157 Å². The number of aromatic nitrogens is 3. The number of halogens is 1. The Balaban J connectivity index is 0.000000115. The van der Waals surface area contributed by atoms with E-state index in [4.69, 9.17) is 9.31 Å². The fraction of sp³-hybridized carbons (Fsp3) is 0.0933. The molecule has 4 heterocycles. The minimum absolute atomic E-state index is 0.383. The van der Waals surface area contributed by atoms with Crippen LogP contribution in [-0.4, -0.2) is 32.4 Å². The molecule has 5 nitrogen and oxygen atoms in total. The van der Waals surface area contributed by atoms with Crippen LogP contribution in [-0.2, 0) is 15.7 Å². The number of H-pyrrole nitrogens is 1. The van der Waals surface area contributed by atoms with E-state index in [2.05, 4.69) is 313 Å². The monoisotopic (exact) mass is 1120 g/mol. The molecule has 0 bridgehead atoms. The molecule has 1 N–H and O–H groups in total. The summed E-state index contributed by atoms with van der Waals surface area (Å²) in [6.45, 7) is 8.42. The number of hydrogen-bond donors (Lipinski definition) is 1. The van der Waals surface area contributed by atoms with Crippen molar-refractivity contribution in [2.45, 2.75) is 45.3 Å². The zero-order chi connectivity index (χ0) is 55.3. The van der Waals surface area contributed by atoms with E-state index < -0.39 is 7.12 Å². The molecule has 0 amide bonds. The quantitative estimate of drug-likeness (QED) is 0.179. The minimum Gasteiger partial charge on any atom is -0.399 e. The van der Waals surface area contributed by atoms with Gasteiger partial charge in [0.1, 0.15) is 0 Å². The van der Waals surface area contributed by atoms with Crippen LogP contribution >= 0.6 is 15.9 Å². The van der Waals surface area contributed by atoms with Crippen LogP contribution < -0.4 is 5.46 Å². The van der Waals surface area contributed by atoms with Gasteiger partial charge in [-0.1, -0.05) is 198 Å². The summed E-state index contributed by atoms with van der Waals surface area (Å²) in [4.78, 5) is 3.57. The van der Waals surface area contributed by atoms with Crippen LogP contribution in [0.25, 0.3) is 121 Å². The second-order valence-corrected chi connectivity index (χ2v) is 23.7. The Labute approximate surface area is 485 Å². The van der Waals surface area contributed by atoms with Gasteiger partial charge in [0, 0.05) is 70.0 Å². The Morgan fingerprint density at radius 3 is 1.51 bits per heavy atom. The van der Waals surface area contributed by atoms with Crippen molar-refractivity contribution in [1.82, 2.24) is 14.1 Å². The molecule has 3 aromatic heterocycles. The SMILES string of the molecule is Brc1ccc2c(c1)-c1ccccc1C2.CC1(C)OB(c2cc3c4ccccc4n(-c4ccccc4)c3c3ccccc23)OC1(C)C.c1ccc(-n2c3ccccc3c3cc(-c4ccc5[nH]c6ccccc6c5c4)c4ccccc4c32)cc1. The van der Waals surface area contributed by atoms with Gasteiger partial charge in [-0.15, -0.1) is 0 Å². The molecule has 0 unspecified atom stereocenters. The van der Waals surface area contributed by atoms with Gasteiger partial charge in [0.05, 0.1) is 33.3 Å². The molecule has 1 saturated heterocycles. The van der Waals surface area contributed by atoms with E-state index in [0.29, 0.717) is 0 Å². The lowest BCUT2D eigenvalue weighted by atomic mass is 9.75. The third kappa shape index (κ3) is 8.20. The number of benzene rings is 12. The normalized spacial score (nSPS) is 14.2. The smallest absolute Gasteiger partial charge is 0.399 e. The van der Waals surface area contributed by atoms with E-state index in [1.165, 1.54) is 126 Å². The average Bonchev–Trinajstić information content (AvgIpc) is 3.14. The Hall–Kier alpha value is -8.98. The van der Waals surface area contributed by atoms with Crippen LogP contribution in [0.4, 0.5) is 0 Å². The van der Waals surface area contributed by atoms with Crippen LogP contribution in [0.2, 0.25) is 0 Å². The van der Waals surface area contributed by atoms with Crippen LogP contribution in [0.1, 0.15) is 38.8 Å². The molecule has 1 aliphatic heterocycles. The number of nitrogens with zero attached hydrogens (tertiary/aromatic N) is 2. The van der Waals surface area contributed by atoms with Gasteiger partial charge in [0.15, 0.2) is 0 Å². The number of para-hydroxylation sites is 5. The summed E-state index contributed by atoms with van der Waals surface area (Å²) < 4.78 is 18.9. The van der Waals surface area contributed by atoms with Gasteiger partial charge in [-0.3, -0.25) is 0 Å². The summed E-state index contributed by atoms with van der Waals surface area (Å²) in [7, 11) is -0.409. The molecule has 82 heavy (non-hydrogen) atoms. The summed E-state index contributed by atoms with van der Waals surface area (Å²) in [5.74, 6) is 0. The zero-order valence-corrected chi connectivity index (χ0v) is 47.7. The summed E-state index contributed by atoms with van der Waals surface area (Å²) in [6.07, 6.45) is 1.08. The molecule has 0 atom stereocenters. The summed E-state index contributed by atoms with van der Waals surface area (Å²) >= 11 is 3.52. The van der Waals surface area contributed by atoms with Gasteiger partial charge in [0.2, 0.25) is 0 Å². The van der Waals surface area contributed by atoms with Gasteiger partial charge in [0.25, 0.3) is 0 Å². The maximum atomic E-state index is 6.48. The second kappa shape index (κ2) is 19.6. The zero-order valence-electron chi connectivity index (χ0n) is 46.1. The van der Waals surface area contributed by atoms with Crippen molar-refractivity contribution in [3.05, 3.63) is 270 Å². The molecular formula is C75H57BBrN3O2. The second-order valence-electron chi connectivity index (χ2n) is 22.8. The maximum Gasteiger partial charge on any atom is 0.495 e. The van der Waals surface area contributed by atoms with Crippen molar-refractivity contribution >= 4 is 115 Å². The Kier molecular flexibility index (Phi) is 12.0. The van der Waals surface area contributed by atoms with Crippen molar-refractivity contribution in [3.8, 4) is 33.6 Å². The first kappa shape index (κ1) is 50.0. The van der Waals surface area contributed by atoms with Crippen molar-refractivity contribution < 1.29 is 9.31 Å². The van der Waals surface area contributed by atoms with Crippen LogP contribution in [0.3, 0.4) is 0 Å². The van der Waals surface area contributed by atoms with Gasteiger partial charge < -0.3 is 23.4 Å². The van der Waals surface area contributed by atoms with Crippen LogP contribution in [0, 0.1) is 0 Å². The largest absolute Gasteiger partial charge is 0.495 e. The third-order valence-corrected chi connectivity index (χ3v) is 18.0. The first-order valence-electron chi connectivity index (χ1n) is 28.3. The lowest BCUT2D eigenvalue weighted by molar-refractivity contribution is 0.00578. The van der Waals surface area contributed by atoms with E-state index in [-0.39, 0.29) is 11.2 Å². The summed E-state index contributed by atoms with van der Waals surface area (Å²) in [5, 5.41) is 12.4. The van der Waals surface area contributed by atoms with Crippen LogP contribution in [0.15, 0.2) is 259 Å². The topological polar surface area (TPSA) is 44.1 Å². The molecule has 1 aliphatic carbocycles. The highest BCUT2D eigenvalue weighted by molar-refractivity contribution is 9.10. The fourth-order valence-electron chi connectivity index (χ4n) is 12.9. The highest BCUT2D eigenvalue weighted by atomic mass is 79.9. The predicted octanol–water partition coefficient (Wildman–Crippen LogP) is 19.5. The first-order valence-corrected chi connectivity index (χ1v) is 29.1. The molecular weight excluding hydrogens is 1070 g/mol. The maximum absolute atomic E-state index is 6.48. The number of nitrogens with one attached hydrogen (secondary N) is 1. The Morgan fingerprint density at radius 1 is 0.378 bits per heavy atom. The summed E-state index contributed by atoms with van der Waals surface area (Å²) in [5.41, 5.74) is 18.1. The minimum atomic E-state index is -0.409. The van der Waals surface area contributed by atoms with E-state index in [0.717, 1.165) is 22.0 Å². The third-order valence-electron chi connectivity index (χ3n) is 17.5. The number of fused-ring (bicyclic) bond motifs is 16. The van der Waals surface area contributed by atoms with E-state index in [9.17, 15) is 0 Å². The van der Waals surface area contributed by atoms with Gasteiger partial charge in [-0.25, -0.2) is 0 Å². The predicted molar refractivity (Wildman–Crippen MR) is 349 cm³/mol. The van der Waals surface area contributed by atoms with Gasteiger partial charge >= 0.3 is 7.12 Å². The van der Waals surface area contributed by atoms with Crippen molar-refractivity contribution in [3.63, 3.8) is 0 Å². The van der Waals surface area contributed by atoms with Crippen LogP contribution in [0.5, 0.6) is 0 Å². The fourth-order valence-corrected chi connectivity index (χ4v) is 13.2. The molecule has 7 heteroatoms. The molecule has 0 saturated carbocycles. The molecule has 394 valence electrons. The molecule has 1 fully saturated rings. The molecule has 15 aromatic rings. The highest BCUT2D eigenvalue weighted by Crippen LogP contribution is 2.44. The Morgan fingerprint density at radius 2 is 0.866 bits per heavy atom. The highest BCUT2D eigenvalue weighted by Gasteiger charge is 2.52. The molecule has 17 rings (SSSR count). The van der Waals surface area contributed by atoms with E-state index >= 15 is 0 Å². The average molecular weight is 1120 g/mol. The van der Waals surface area contributed by atoms with Crippen molar-refractivity contribution in [1.29, 1.82) is 0 Å². The lowest BCUT2D eigenvalue weighted by Crippen LogP contribution is -2.41. The van der Waals surface area contributed by atoms with Crippen molar-refractivity contribution in [2.24, 2.45) is 0 Å². The summed E-state index contributed by atoms with van der Waals surface area (Å²) in [6, 6.07) is 91.3. The molecule has 2 aliphatic rings. The van der Waals surface area contributed by atoms with Crippen molar-refractivity contribution in [2.75, 3.05) is 0 Å². The van der Waals surface area contributed by atoms with E-state index in [1.54, 1.807) is 0 Å². The van der Waals surface area contributed by atoms with Gasteiger partial charge in [-0.2, -0.15) is 0 Å². The molecule has 0 radical (unpaired) electrons. The standard InChI is InChI=1S/C34H22N2.C28H26BNO2.C13H9Br/c1-2-10-23(11-3-1)36-33-17-9-7-14-26(33)30-21-28(24-12-4-5-15-27(24)34(30)36)22-18-19-32-29(20-22)25-13-6-8-16-31(25)35-32;1-27(2)28(3,4)32-29(31-27)24-18-23-21-15-10-11-17-25(21)30(19-12-6-5-7-13-19)26(23)22-16-9-8-14-20(22)24;14-11-6-5-10-7-9-3-1-2-4-12(9)13(10)8-11/h1-21,35H;5-18H,1-4H3;1-6,8H,7H2. The number of hydrogen-bond acceptors (Lipinski definition) is 2. The Bertz CT molecular complexity index is 4980. The number of aromatic amines is 1. The molecule has 12 aromatic carbocycles. The number of rotatable bonds is 4. The molecule has 0 spiro atoms.